The minimum atomic E-state index is -0.955. The first-order valence-corrected chi connectivity index (χ1v) is 27.3. The molecule has 3 aromatic heterocycles. The second-order valence-electron chi connectivity index (χ2n) is 20.3. The second-order valence-corrected chi connectivity index (χ2v) is 22.8. The van der Waals surface area contributed by atoms with Gasteiger partial charge in [-0.05, 0) is 86.4 Å². The number of hydrogen-bond acceptors (Lipinski definition) is 14. The summed E-state index contributed by atoms with van der Waals surface area (Å²) in [6.45, 7) is 16.5. The molecule has 0 radical (unpaired) electrons. The fraction of sp³-hybridized carbons (Fsp3) is 0.429. The van der Waals surface area contributed by atoms with Gasteiger partial charge >= 0.3 is 0 Å². The average Bonchev–Trinajstić information content (AvgIpc) is 4.16. The Kier molecular flexibility index (Phi) is 17.8. The molecule has 0 aliphatic carbocycles. The number of β-amino-alcohol motifs (C(OH)–C–C–N with tert-alkyl or cyclic N) is 1. The molecule has 75 heavy (non-hydrogen) atoms. The number of Topliss-reactive ketones (excluding diaryl/α,β-unsaturated/α-hetero) is 1. The summed E-state index contributed by atoms with van der Waals surface area (Å²) < 4.78 is 19.4. The summed E-state index contributed by atoms with van der Waals surface area (Å²) in [5.74, 6) is 0.489. The number of thiazole rings is 1. The maximum atomic E-state index is 14.1. The number of halogens is 1. The number of thiophene rings is 1. The number of aliphatic hydroxyl groups is 1. The van der Waals surface area contributed by atoms with Gasteiger partial charge in [0.15, 0.2) is 11.6 Å². The highest BCUT2D eigenvalue weighted by Crippen LogP contribution is 2.40. The zero-order valence-corrected chi connectivity index (χ0v) is 46.0. The van der Waals surface area contributed by atoms with Crippen LogP contribution < -0.4 is 15.4 Å². The largest absolute Gasteiger partial charge is 0.491 e. The minimum Gasteiger partial charge on any atom is -0.491 e. The summed E-state index contributed by atoms with van der Waals surface area (Å²) in [7, 11) is 0. The molecule has 19 heteroatoms. The van der Waals surface area contributed by atoms with E-state index in [9.17, 15) is 24.3 Å². The van der Waals surface area contributed by atoms with Gasteiger partial charge in [-0.25, -0.2) is 4.98 Å². The lowest BCUT2D eigenvalue weighted by Gasteiger charge is -2.35. The third kappa shape index (κ3) is 13.3. The molecule has 2 aliphatic heterocycles. The highest BCUT2D eigenvalue weighted by Gasteiger charge is 2.44. The molecule has 5 heterocycles. The number of likely N-dealkylation sites (tertiary alicyclic amines) is 1. The van der Waals surface area contributed by atoms with Gasteiger partial charge in [0, 0.05) is 65.4 Å². The number of aryl methyl sites for hydroxylation is 3. The van der Waals surface area contributed by atoms with Crippen molar-refractivity contribution in [2.45, 2.75) is 111 Å². The van der Waals surface area contributed by atoms with E-state index in [2.05, 4.69) is 39.7 Å². The van der Waals surface area contributed by atoms with Gasteiger partial charge in [-0.1, -0.05) is 81.8 Å². The number of carbonyl (C=O) groups excluding carboxylic acids is 4. The standard InChI is InChI=1S/C56H65ClN8O8S2/c1-32(37-13-15-39(16-14-37)51-34(3)58-31-74-51)25-46(67)45-27-42(66)29-64(45)54(70)52(56(6,7)8)61-48(69)30-72-22-10-21-71-23-24-73-43-12-9-11-41(26-43)59-47(68)28-44-53-63-62-36(5)65(53)55-49(33(2)35(4)75-55)50(60-44)38-17-19-40(57)20-18-38/h9,11-20,26,31-32,42,44-45,52,66H,10,21-25,27-30H2,1-8H3,(H,59,68)(H,61,69)/t32-,42-,44+,45+,52-/m1/s1. The maximum Gasteiger partial charge on any atom is 0.246 e. The van der Waals surface area contributed by atoms with Crippen LogP contribution in [0.25, 0.3) is 15.4 Å². The molecule has 8 rings (SSSR count). The third-order valence-electron chi connectivity index (χ3n) is 13.5. The number of aromatic nitrogens is 4. The molecule has 396 valence electrons. The van der Waals surface area contributed by atoms with E-state index in [1.165, 1.54) is 4.90 Å². The van der Waals surface area contributed by atoms with Gasteiger partial charge in [0.05, 0.1) is 47.0 Å². The van der Waals surface area contributed by atoms with Crippen molar-refractivity contribution in [1.82, 2.24) is 30.0 Å². The number of ether oxygens (including phenoxy) is 3. The zero-order chi connectivity index (χ0) is 53.6. The van der Waals surface area contributed by atoms with Crippen LogP contribution in [-0.2, 0) is 28.7 Å². The molecule has 0 spiro atoms. The number of nitrogens with one attached hydrogen (secondary N) is 2. The fourth-order valence-electron chi connectivity index (χ4n) is 9.41. The summed E-state index contributed by atoms with van der Waals surface area (Å²) in [6.07, 6.45) is 0.0223. The molecular formula is C56H65ClN8O8S2. The summed E-state index contributed by atoms with van der Waals surface area (Å²) in [4.78, 5) is 68.0. The maximum absolute atomic E-state index is 14.1. The number of rotatable bonds is 21. The molecule has 5 atom stereocenters. The number of nitrogens with zero attached hydrogens (tertiary/aromatic N) is 6. The Balaban J connectivity index is 0.758. The quantitative estimate of drug-likeness (QED) is 0.0581. The first-order chi connectivity index (χ1) is 35.9. The van der Waals surface area contributed by atoms with Gasteiger partial charge < -0.3 is 34.9 Å². The Bertz CT molecular complexity index is 3040. The number of carbonyl (C=O) groups is 4. The zero-order valence-electron chi connectivity index (χ0n) is 43.6. The number of amides is 3. The third-order valence-corrected chi connectivity index (χ3v) is 15.9. The van der Waals surface area contributed by atoms with E-state index in [-0.39, 0.29) is 63.2 Å². The van der Waals surface area contributed by atoms with E-state index in [0.717, 1.165) is 54.0 Å². The number of aliphatic hydroxyl groups excluding tert-OH is 1. The summed E-state index contributed by atoms with van der Waals surface area (Å²) >= 11 is 9.50. The SMILES string of the molecule is Cc1ncsc1-c1ccc([C@H](C)CC(=O)[C@@H]2C[C@@H](O)CN2C(=O)[C@@H](NC(=O)COCCCOCCOc2cccc(NC(=O)C[C@@H]3N=C(c4ccc(Cl)cc4)c4c(sc(C)c4C)-n4c(C)nnc43)c2)C(C)(C)C)cc1. The molecule has 0 unspecified atom stereocenters. The lowest BCUT2D eigenvalue weighted by atomic mass is 9.85. The predicted octanol–water partition coefficient (Wildman–Crippen LogP) is 9.32. The van der Waals surface area contributed by atoms with Crippen molar-refractivity contribution in [3.8, 4) is 21.2 Å². The van der Waals surface area contributed by atoms with E-state index >= 15 is 0 Å². The molecule has 3 N–H and O–H groups in total. The van der Waals surface area contributed by atoms with Gasteiger partial charge in [-0.2, -0.15) is 0 Å². The Morgan fingerprint density at radius 2 is 1.64 bits per heavy atom. The lowest BCUT2D eigenvalue weighted by molar-refractivity contribution is -0.144. The average molecular weight is 1080 g/mol. The van der Waals surface area contributed by atoms with Crippen molar-refractivity contribution in [2.75, 3.05) is 44.9 Å². The van der Waals surface area contributed by atoms with E-state index in [4.69, 9.17) is 30.8 Å². The highest BCUT2D eigenvalue weighted by molar-refractivity contribution is 7.15. The molecule has 2 aliphatic rings. The lowest BCUT2D eigenvalue weighted by Crippen LogP contribution is -2.57. The first-order valence-electron chi connectivity index (χ1n) is 25.2. The van der Waals surface area contributed by atoms with Crippen molar-refractivity contribution in [3.05, 3.63) is 128 Å². The van der Waals surface area contributed by atoms with Crippen LogP contribution in [0.3, 0.4) is 0 Å². The molecule has 1 saturated heterocycles. The van der Waals surface area contributed by atoms with Crippen LogP contribution in [0.15, 0.2) is 83.3 Å². The van der Waals surface area contributed by atoms with Crippen LogP contribution in [0.4, 0.5) is 5.69 Å². The predicted molar refractivity (Wildman–Crippen MR) is 293 cm³/mol. The van der Waals surface area contributed by atoms with Crippen LogP contribution in [0, 0.1) is 33.1 Å². The molecule has 1 fully saturated rings. The van der Waals surface area contributed by atoms with Crippen LogP contribution in [-0.4, -0.2) is 117 Å². The Hall–Kier alpha value is -6.15. The minimum absolute atomic E-state index is 0.00965. The van der Waals surface area contributed by atoms with Gasteiger partial charge in [0.25, 0.3) is 0 Å². The van der Waals surface area contributed by atoms with Gasteiger partial charge in [0.2, 0.25) is 17.7 Å². The molecule has 0 saturated carbocycles. The number of anilines is 1. The molecule has 3 amide bonds. The summed E-state index contributed by atoms with van der Waals surface area (Å²) in [5, 5.41) is 27.0. The van der Waals surface area contributed by atoms with Crippen LogP contribution in [0.1, 0.15) is 110 Å². The highest BCUT2D eigenvalue weighted by atomic mass is 35.5. The van der Waals surface area contributed by atoms with Crippen molar-refractivity contribution >= 4 is 69.2 Å². The molecule has 16 nitrogen and oxygen atoms in total. The van der Waals surface area contributed by atoms with E-state index < -0.39 is 41.5 Å². The molecule has 0 bridgehead atoms. The number of hydrogen-bond donors (Lipinski definition) is 3. The van der Waals surface area contributed by atoms with E-state index in [1.807, 2.05) is 100 Å². The second kappa shape index (κ2) is 24.2. The molecule has 3 aromatic carbocycles. The normalized spacial score (nSPS) is 17.1. The van der Waals surface area contributed by atoms with Crippen molar-refractivity contribution in [2.24, 2.45) is 10.4 Å². The fourth-order valence-corrected chi connectivity index (χ4v) is 11.6. The smallest absolute Gasteiger partial charge is 0.246 e. The first kappa shape index (κ1) is 55.1. The van der Waals surface area contributed by atoms with Crippen LogP contribution >= 0.6 is 34.3 Å². The summed E-state index contributed by atoms with van der Waals surface area (Å²) in [6, 6.07) is 20.4. The van der Waals surface area contributed by atoms with Gasteiger partial charge in [-0.3, -0.25) is 28.7 Å². The number of ketones is 1. The summed E-state index contributed by atoms with van der Waals surface area (Å²) in [5.41, 5.74) is 8.50. The topological polar surface area (TPSA) is 199 Å². The monoisotopic (exact) mass is 1080 g/mol. The number of benzene rings is 3. The van der Waals surface area contributed by atoms with Crippen molar-refractivity contribution < 1.29 is 38.5 Å². The Morgan fingerprint density at radius 1 is 0.907 bits per heavy atom. The van der Waals surface area contributed by atoms with Crippen molar-refractivity contribution in [3.63, 3.8) is 0 Å². The van der Waals surface area contributed by atoms with Crippen LogP contribution in [0.5, 0.6) is 5.75 Å². The van der Waals surface area contributed by atoms with Gasteiger partial charge in [-0.15, -0.1) is 32.9 Å². The van der Waals surface area contributed by atoms with Crippen molar-refractivity contribution in [1.29, 1.82) is 0 Å². The van der Waals surface area contributed by atoms with Gasteiger partial charge in [0.1, 0.15) is 41.9 Å². The molecule has 6 aromatic rings. The Morgan fingerprint density at radius 3 is 2.36 bits per heavy atom. The van der Waals surface area contributed by atoms with E-state index in [0.29, 0.717) is 47.7 Å². The number of aliphatic imine (C=N–C) groups is 1. The van der Waals surface area contributed by atoms with E-state index in [1.54, 1.807) is 46.9 Å². The molecular weight excluding hydrogens is 1010 g/mol. The van der Waals surface area contributed by atoms with Crippen LogP contribution in [0.2, 0.25) is 5.02 Å². The Labute approximate surface area is 450 Å². The number of fused-ring (bicyclic) bond motifs is 3.